The maximum Gasteiger partial charge on any atom is 0.128 e. The number of benzene rings is 1. The van der Waals surface area contributed by atoms with Gasteiger partial charge in [0.1, 0.15) is 11.3 Å². The molecular weight excluding hydrogens is 247 g/mol. The molecule has 2 aromatic rings. The lowest BCUT2D eigenvalue weighted by Gasteiger charge is -2.24. The SMILES string of the molecule is CC(C)(C)c1cc(F)c(C(C)(C)C)c2snnc12. The molecule has 0 fully saturated rings. The van der Waals surface area contributed by atoms with Crippen LogP contribution in [-0.2, 0) is 10.8 Å². The van der Waals surface area contributed by atoms with Gasteiger partial charge >= 0.3 is 0 Å². The van der Waals surface area contributed by atoms with Crippen LogP contribution in [0, 0.1) is 5.82 Å². The second-order valence-corrected chi connectivity index (χ2v) is 7.49. The van der Waals surface area contributed by atoms with E-state index in [0.29, 0.717) is 0 Å². The second kappa shape index (κ2) is 3.98. The van der Waals surface area contributed by atoms with E-state index >= 15 is 0 Å². The van der Waals surface area contributed by atoms with Crippen LogP contribution in [0.4, 0.5) is 4.39 Å². The minimum Gasteiger partial charge on any atom is -0.207 e. The van der Waals surface area contributed by atoms with Gasteiger partial charge in [0.25, 0.3) is 0 Å². The fraction of sp³-hybridized carbons (Fsp3) is 0.571. The van der Waals surface area contributed by atoms with Gasteiger partial charge in [-0.05, 0) is 34.0 Å². The molecule has 0 aliphatic rings. The van der Waals surface area contributed by atoms with Crippen molar-refractivity contribution in [1.82, 2.24) is 9.59 Å². The minimum absolute atomic E-state index is 0.134. The summed E-state index contributed by atoms with van der Waals surface area (Å²) in [6, 6.07) is 1.63. The van der Waals surface area contributed by atoms with Gasteiger partial charge in [0.2, 0.25) is 0 Å². The zero-order valence-corrected chi connectivity index (χ0v) is 12.6. The first-order valence-corrected chi connectivity index (χ1v) is 6.85. The highest BCUT2D eigenvalue weighted by Gasteiger charge is 2.28. The lowest BCUT2D eigenvalue weighted by Crippen LogP contribution is -2.18. The van der Waals surface area contributed by atoms with Gasteiger partial charge in [-0.3, -0.25) is 0 Å². The summed E-state index contributed by atoms with van der Waals surface area (Å²) >= 11 is 1.28. The molecule has 0 atom stereocenters. The molecule has 0 spiro atoms. The molecule has 18 heavy (non-hydrogen) atoms. The molecule has 0 N–H and O–H groups in total. The van der Waals surface area contributed by atoms with Crippen molar-refractivity contribution in [3.05, 3.63) is 23.0 Å². The van der Waals surface area contributed by atoms with Crippen LogP contribution in [0.3, 0.4) is 0 Å². The van der Waals surface area contributed by atoms with E-state index < -0.39 is 0 Å². The number of nitrogens with zero attached hydrogens (tertiary/aromatic N) is 2. The van der Waals surface area contributed by atoms with Crippen LogP contribution in [0.2, 0.25) is 0 Å². The molecule has 0 saturated carbocycles. The van der Waals surface area contributed by atoms with E-state index in [9.17, 15) is 4.39 Å². The predicted octanol–water partition coefficient (Wildman–Crippen LogP) is 4.43. The Labute approximate surface area is 111 Å². The molecule has 4 heteroatoms. The fourth-order valence-electron chi connectivity index (χ4n) is 2.18. The van der Waals surface area contributed by atoms with Crippen molar-refractivity contribution < 1.29 is 4.39 Å². The highest BCUT2D eigenvalue weighted by Crippen LogP contribution is 2.38. The summed E-state index contributed by atoms with van der Waals surface area (Å²) in [6.45, 7) is 12.2. The number of fused-ring (bicyclic) bond motifs is 1. The second-order valence-electron chi connectivity index (χ2n) is 6.73. The molecule has 1 heterocycles. The van der Waals surface area contributed by atoms with Gasteiger partial charge < -0.3 is 0 Å². The van der Waals surface area contributed by atoms with Crippen LogP contribution in [0.1, 0.15) is 52.7 Å². The number of hydrogen-bond donors (Lipinski definition) is 0. The van der Waals surface area contributed by atoms with Gasteiger partial charge in [0.15, 0.2) is 0 Å². The van der Waals surface area contributed by atoms with Crippen molar-refractivity contribution in [2.75, 3.05) is 0 Å². The molecule has 1 aromatic heterocycles. The lowest BCUT2D eigenvalue weighted by molar-refractivity contribution is 0.521. The van der Waals surface area contributed by atoms with E-state index in [4.69, 9.17) is 0 Å². The Morgan fingerprint density at radius 1 is 1.06 bits per heavy atom. The Bertz CT molecular complexity index is 588. The van der Waals surface area contributed by atoms with Crippen molar-refractivity contribution in [2.24, 2.45) is 0 Å². The molecule has 0 aliphatic carbocycles. The monoisotopic (exact) mass is 266 g/mol. The van der Waals surface area contributed by atoms with Gasteiger partial charge in [-0.15, -0.1) is 5.10 Å². The Balaban J connectivity index is 2.87. The average Bonchev–Trinajstić information content (AvgIpc) is 2.60. The lowest BCUT2D eigenvalue weighted by atomic mass is 9.81. The van der Waals surface area contributed by atoms with Gasteiger partial charge in [-0.1, -0.05) is 46.0 Å². The van der Waals surface area contributed by atoms with Gasteiger partial charge in [0, 0.05) is 5.56 Å². The van der Waals surface area contributed by atoms with Crippen molar-refractivity contribution in [2.45, 2.75) is 52.4 Å². The van der Waals surface area contributed by atoms with E-state index in [2.05, 4.69) is 30.4 Å². The maximum atomic E-state index is 14.4. The normalized spacial score (nSPS) is 13.3. The largest absolute Gasteiger partial charge is 0.207 e. The molecule has 0 aliphatic heterocycles. The Morgan fingerprint density at radius 2 is 1.67 bits per heavy atom. The van der Waals surface area contributed by atoms with Crippen LogP contribution < -0.4 is 0 Å². The fourth-order valence-corrected chi connectivity index (χ4v) is 3.11. The molecule has 98 valence electrons. The number of hydrogen-bond acceptors (Lipinski definition) is 3. The van der Waals surface area contributed by atoms with Crippen molar-refractivity contribution in [3.63, 3.8) is 0 Å². The van der Waals surface area contributed by atoms with Crippen molar-refractivity contribution in [3.8, 4) is 0 Å². The number of aromatic nitrogens is 2. The van der Waals surface area contributed by atoms with Crippen LogP contribution in [-0.4, -0.2) is 9.59 Å². The van der Waals surface area contributed by atoms with E-state index in [-0.39, 0.29) is 16.6 Å². The maximum absolute atomic E-state index is 14.4. The summed E-state index contributed by atoms with van der Waals surface area (Å²) in [5.74, 6) is -0.147. The summed E-state index contributed by atoms with van der Waals surface area (Å²) in [5, 5.41) is 4.20. The summed E-state index contributed by atoms with van der Waals surface area (Å²) in [6.07, 6.45) is 0. The smallest absolute Gasteiger partial charge is 0.128 e. The van der Waals surface area contributed by atoms with E-state index in [1.807, 2.05) is 20.8 Å². The van der Waals surface area contributed by atoms with Crippen molar-refractivity contribution >= 4 is 21.7 Å². The Hall–Kier alpha value is -1.03. The Morgan fingerprint density at radius 3 is 2.17 bits per heavy atom. The highest BCUT2D eigenvalue weighted by atomic mass is 32.1. The third-order valence-corrected chi connectivity index (χ3v) is 3.78. The summed E-state index contributed by atoms with van der Waals surface area (Å²) in [4.78, 5) is 0. The number of halogens is 1. The third-order valence-electron chi connectivity index (χ3n) is 3.04. The predicted molar refractivity (Wildman–Crippen MR) is 74.8 cm³/mol. The number of rotatable bonds is 0. The first-order chi connectivity index (χ1) is 8.12. The summed E-state index contributed by atoms with van der Waals surface area (Å²) in [7, 11) is 0. The molecule has 2 nitrogen and oxygen atoms in total. The first-order valence-electron chi connectivity index (χ1n) is 6.08. The molecule has 2 rings (SSSR count). The van der Waals surface area contributed by atoms with Crippen LogP contribution in [0.25, 0.3) is 10.2 Å². The Kier molecular flexibility index (Phi) is 2.97. The van der Waals surface area contributed by atoms with E-state index in [0.717, 1.165) is 21.3 Å². The summed E-state index contributed by atoms with van der Waals surface area (Å²) < 4.78 is 19.3. The standard InChI is InChI=1S/C14H19FN2S/c1-13(2,3)8-7-9(15)10(14(4,5)6)12-11(8)16-17-18-12/h7H,1-6H3. The van der Waals surface area contributed by atoms with Gasteiger partial charge in [0.05, 0.1) is 4.70 Å². The topological polar surface area (TPSA) is 25.8 Å². The van der Waals surface area contributed by atoms with E-state index in [1.165, 1.54) is 11.5 Å². The first kappa shape index (κ1) is 13.4. The van der Waals surface area contributed by atoms with E-state index in [1.54, 1.807) is 6.07 Å². The molecule has 0 amide bonds. The van der Waals surface area contributed by atoms with Gasteiger partial charge in [-0.25, -0.2) is 4.39 Å². The summed E-state index contributed by atoms with van der Waals surface area (Å²) in [5.41, 5.74) is 2.12. The van der Waals surface area contributed by atoms with Crippen LogP contribution >= 0.6 is 11.5 Å². The third kappa shape index (κ3) is 2.14. The minimum atomic E-state index is -0.243. The molecule has 0 unspecified atom stereocenters. The zero-order chi connectivity index (χ0) is 13.7. The van der Waals surface area contributed by atoms with Crippen molar-refractivity contribution in [1.29, 1.82) is 0 Å². The van der Waals surface area contributed by atoms with Crippen LogP contribution in [0.15, 0.2) is 6.07 Å². The molecule has 0 saturated heterocycles. The molecule has 0 radical (unpaired) electrons. The molecular formula is C14H19FN2S. The molecule has 1 aromatic carbocycles. The molecule has 0 bridgehead atoms. The average molecular weight is 266 g/mol. The highest BCUT2D eigenvalue weighted by molar-refractivity contribution is 7.13. The quantitative estimate of drug-likeness (QED) is 0.705. The van der Waals surface area contributed by atoms with Gasteiger partial charge in [-0.2, -0.15) is 0 Å². The zero-order valence-electron chi connectivity index (χ0n) is 11.8. The van der Waals surface area contributed by atoms with Crippen LogP contribution in [0.5, 0.6) is 0 Å².